The lowest BCUT2D eigenvalue weighted by atomic mass is 10.0. The number of ether oxygens (including phenoxy) is 2. The van der Waals surface area contributed by atoms with Crippen molar-refractivity contribution in [3.05, 3.63) is 60.2 Å². The Kier molecular flexibility index (Phi) is 5.41. The number of aryl methyl sites for hydroxylation is 2. The van der Waals surface area contributed by atoms with Gasteiger partial charge in [0.2, 0.25) is 0 Å². The van der Waals surface area contributed by atoms with E-state index < -0.39 is 0 Å². The van der Waals surface area contributed by atoms with Crippen molar-refractivity contribution < 1.29 is 9.47 Å². The molecule has 1 unspecified atom stereocenters. The predicted molar refractivity (Wildman–Crippen MR) is 107 cm³/mol. The van der Waals surface area contributed by atoms with E-state index in [2.05, 4.69) is 57.9 Å². The van der Waals surface area contributed by atoms with Gasteiger partial charge in [-0.05, 0) is 47.9 Å². The molecule has 1 aliphatic rings. The fourth-order valence-electron chi connectivity index (χ4n) is 3.78. The van der Waals surface area contributed by atoms with Crippen molar-refractivity contribution in [3.63, 3.8) is 0 Å². The van der Waals surface area contributed by atoms with Crippen LogP contribution in [-0.4, -0.2) is 47.8 Å². The highest BCUT2D eigenvalue weighted by Crippen LogP contribution is 2.27. The van der Waals surface area contributed by atoms with Crippen LogP contribution in [0.1, 0.15) is 23.9 Å². The molecule has 0 amide bonds. The number of rotatable bonds is 6. The van der Waals surface area contributed by atoms with Gasteiger partial charge in [0.05, 0.1) is 19.8 Å². The minimum absolute atomic E-state index is 0.139. The molecular weight excluding hydrogens is 338 g/mol. The Morgan fingerprint density at radius 3 is 2.81 bits per heavy atom. The van der Waals surface area contributed by atoms with Gasteiger partial charge >= 0.3 is 0 Å². The Bertz CT molecular complexity index is 905. The van der Waals surface area contributed by atoms with Crippen LogP contribution < -0.4 is 4.74 Å². The first kappa shape index (κ1) is 18.0. The number of nitrogens with zero attached hydrogens (tertiary/aromatic N) is 3. The second kappa shape index (κ2) is 8.11. The minimum atomic E-state index is 0.139. The smallest absolute Gasteiger partial charge is 0.119 e. The zero-order valence-corrected chi connectivity index (χ0v) is 16.1. The molecule has 4 rings (SSSR count). The Morgan fingerprint density at radius 2 is 2.00 bits per heavy atom. The van der Waals surface area contributed by atoms with Crippen LogP contribution in [0.15, 0.2) is 48.8 Å². The van der Waals surface area contributed by atoms with Crippen LogP contribution in [-0.2, 0) is 11.3 Å². The highest BCUT2D eigenvalue weighted by molar-refractivity contribution is 5.84. The van der Waals surface area contributed by atoms with Crippen LogP contribution in [0.25, 0.3) is 10.8 Å². The van der Waals surface area contributed by atoms with Crippen LogP contribution in [0.4, 0.5) is 0 Å². The molecule has 1 aliphatic heterocycles. The second-order valence-corrected chi connectivity index (χ2v) is 7.15. The maximum atomic E-state index is 6.08. The van der Waals surface area contributed by atoms with Gasteiger partial charge in [-0.15, -0.1) is 0 Å². The molecule has 0 bridgehead atoms. The normalized spacial score (nSPS) is 18.1. The van der Waals surface area contributed by atoms with Crippen molar-refractivity contribution in [1.82, 2.24) is 14.5 Å². The summed E-state index contributed by atoms with van der Waals surface area (Å²) in [6, 6.07) is 12.8. The molecular formula is C22H27N3O2. The number of aromatic nitrogens is 2. The zero-order chi connectivity index (χ0) is 18.6. The summed E-state index contributed by atoms with van der Waals surface area (Å²) >= 11 is 0. The van der Waals surface area contributed by atoms with Gasteiger partial charge in [-0.2, -0.15) is 0 Å². The highest BCUT2D eigenvalue weighted by atomic mass is 16.5. The first-order valence-electron chi connectivity index (χ1n) is 9.62. The number of imidazole rings is 1. The molecule has 5 nitrogen and oxygen atoms in total. The lowest BCUT2D eigenvalue weighted by molar-refractivity contribution is -0.0304. The molecule has 2 heterocycles. The first-order valence-corrected chi connectivity index (χ1v) is 9.62. The molecule has 0 aliphatic carbocycles. The van der Waals surface area contributed by atoms with Crippen molar-refractivity contribution in [3.8, 4) is 5.75 Å². The maximum absolute atomic E-state index is 6.08. The summed E-state index contributed by atoms with van der Waals surface area (Å²) in [5.74, 6) is 1.98. The van der Waals surface area contributed by atoms with Crippen molar-refractivity contribution >= 4 is 10.8 Å². The number of morpholine rings is 1. The average Bonchev–Trinajstić information content (AvgIpc) is 3.12. The van der Waals surface area contributed by atoms with Gasteiger partial charge in [-0.25, -0.2) is 4.98 Å². The Balaban J connectivity index is 1.38. The Morgan fingerprint density at radius 1 is 1.15 bits per heavy atom. The molecule has 1 saturated heterocycles. The van der Waals surface area contributed by atoms with E-state index in [4.69, 9.17) is 9.47 Å². The van der Waals surface area contributed by atoms with Crippen LogP contribution in [0.5, 0.6) is 5.75 Å². The van der Waals surface area contributed by atoms with Gasteiger partial charge in [-0.1, -0.05) is 18.2 Å². The number of hydrogen-bond acceptors (Lipinski definition) is 4. The minimum Gasteiger partial charge on any atom is -0.497 e. The lowest BCUT2D eigenvalue weighted by Gasteiger charge is -2.33. The van der Waals surface area contributed by atoms with Crippen LogP contribution in [0, 0.1) is 6.92 Å². The Labute approximate surface area is 160 Å². The third-order valence-electron chi connectivity index (χ3n) is 5.39. The monoisotopic (exact) mass is 365 g/mol. The van der Waals surface area contributed by atoms with E-state index in [-0.39, 0.29) is 6.10 Å². The standard InChI is InChI=1S/C22H27N3O2/c1-17-23-8-11-25(17)10-3-9-24-12-13-27-22(16-24)20-5-4-19-15-21(26-2)7-6-18(19)14-20/h4-8,11,14-15,22H,3,9-10,12-13,16H2,1-2H3. The van der Waals surface area contributed by atoms with E-state index in [9.17, 15) is 0 Å². The van der Waals surface area contributed by atoms with Crippen LogP contribution in [0.2, 0.25) is 0 Å². The molecule has 0 radical (unpaired) electrons. The molecule has 3 aromatic rings. The van der Waals surface area contributed by atoms with Crippen molar-refractivity contribution in [1.29, 1.82) is 0 Å². The quantitative estimate of drug-likeness (QED) is 0.666. The van der Waals surface area contributed by atoms with E-state index in [1.54, 1.807) is 7.11 Å². The molecule has 27 heavy (non-hydrogen) atoms. The summed E-state index contributed by atoms with van der Waals surface area (Å²) in [6.45, 7) is 6.90. The average molecular weight is 365 g/mol. The van der Waals surface area contributed by atoms with Crippen LogP contribution in [0.3, 0.4) is 0 Å². The van der Waals surface area contributed by atoms with Gasteiger partial charge in [-0.3, -0.25) is 4.90 Å². The third kappa shape index (κ3) is 4.15. The number of hydrogen-bond donors (Lipinski definition) is 0. The molecule has 2 aromatic carbocycles. The fourth-order valence-corrected chi connectivity index (χ4v) is 3.78. The molecule has 5 heteroatoms. The third-order valence-corrected chi connectivity index (χ3v) is 5.39. The predicted octanol–water partition coefficient (Wildman–Crippen LogP) is 3.82. The summed E-state index contributed by atoms with van der Waals surface area (Å²) in [5.41, 5.74) is 1.25. The van der Waals surface area contributed by atoms with Crippen molar-refractivity contribution in [2.45, 2.75) is 26.0 Å². The Hall–Kier alpha value is -2.37. The molecule has 0 N–H and O–H groups in total. The number of fused-ring (bicyclic) bond motifs is 1. The van der Waals surface area contributed by atoms with Crippen LogP contribution >= 0.6 is 0 Å². The molecule has 1 aromatic heterocycles. The van der Waals surface area contributed by atoms with Gasteiger partial charge in [0.25, 0.3) is 0 Å². The van der Waals surface area contributed by atoms with E-state index >= 15 is 0 Å². The van der Waals surface area contributed by atoms with Gasteiger partial charge in [0.15, 0.2) is 0 Å². The molecule has 0 saturated carbocycles. The summed E-state index contributed by atoms with van der Waals surface area (Å²) in [5, 5.41) is 2.42. The maximum Gasteiger partial charge on any atom is 0.119 e. The van der Waals surface area contributed by atoms with Gasteiger partial charge in [0.1, 0.15) is 11.6 Å². The van der Waals surface area contributed by atoms with E-state index in [1.807, 2.05) is 12.3 Å². The topological polar surface area (TPSA) is 39.5 Å². The second-order valence-electron chi connectivity index (χ2n) is 7.15. The van der Waals surface area contributed by atoms with Crippen molar-refractivity contribution in [2.75, 3.05) is 33.4 Å². The largest absolute Gasteiger partial charge is 0.497 e. The number of methoxy groups -OCH3 is 1. The summed E-state index contributed by atoms with van der Waals surface area (Å²) in [7, 11) is 1.70. The summed E-state index contributed by atoms with van der Waals surface area (Å²) in [4.78, 5) is 6.80. The highest BCUT2D eigenvalue weighted by Gasteiger charge is 2.22. The molecule has 142 valence electrons. The SMILES string of the molecule is COc1ccc2cc(C3CN(CCCn4ccnc4C)CCO3)ccc2c1. The first-order chi connectivity index (χ1) is 13.2. The fraction of sp³-hybridized carbons (Fsp3) is 0.409. The van der Waals surface area contributed by atoms with E-state index in [1.165, 1.54) is 16.3 Å². The lowest BCUT2D eigenvalue weighted by Crippen LogP contribution is -2.39. The van der Waals surface area contributed by atoms with Crippen molar-refractivity contribution in [2.24, 2.45) is 0 Å². The van der Waals surface area contributed by atoms with Gasteiger partial charge < -0.3 is 14.0 Å². The van der Waals surface area contributed by atoms with Gasteiger partial charge in [0, 0.05) is 38.6 Å². The van der Waals surface area contributed by atoms with E-state index in [0.717, 1.165) is 50.8 Å². The summed E-state index contributed by atoms with van der Waals surface area (Å²) < 4.78 is 13.6. The summed E-state index contributed by atoms with van der Waals surface area (Å²) in [6.07, 6.45) is 5.19. The molecule has 1 atom stereocenters. The zero-order valence-electron chi connectivity index (χ0n) is 16.1. The number of benzene rings is 2. The molecule has 0 spiro atoms. The molecule has 1 fully saturated rings. The van der Waals surface area contributed by atoms with E-state index in [0.29, 0.717) is 0 Å².